The number of esters is 1. The van der Waals surface area contributed by atoms with Gasteiger partial charge >= 0.3 is 5.97 Å². The number of carbonyl (C=O) groups excluding carboxylic acids is 2. The van der Waals surface area contributed by atoms with Crippen molar-refractivity contribution in [2.75, 3.05) is 31.1 Å². The van der Waals surface area contributed by atoms with Crippen molar-refractivity contribution in [3.8, 4) is 17.1 Å². The largest absolute Gasteiger partial charge is 0.497 e. The van der Waals surface area contributed by atoms with Crippen LogP contribution >= 0.6 is 11.8 Å². The van der Waals surface area contributed by atoms with Crippen molar-refractivity contribution in [2.24, 2.45) is 0 Å². The zero-order valence-corrected chi connectivity index (χ0v) is 16.6. The number of methoxy groups -OCH3 is 2. The summed E-state index contributed by atoms with van der Waals surface area (Å²) in [6, 6.07) is 13.7. The third kappa shape index (κ3) is 4.85. The quantitative estimate of drug-likeness (QED) is 0.343. The fourth-order valence-corrected chi connectivity index (χ4v) is 3.10. The first-order valence-electron chi connectivity index (χ1n) is 8.47. The van der Waals surface area contributed by atoms with Gasteiger partial charge in [0.1, 0.15) is 5.75 Å². The van der Waals surface area contributed by atoms with E-state index in [1.807, 2.05) is 12.1 Å². The molecule has 0 bridgehead atoms. The molecule has 0 saturated carbocycles. The van der Waals surface area contributed by atoms with Crippen LogP contribution in [0.25, 0.3) is 11.4 Å². The van der Waals surface area contributed by atoms with Crippen molar-refractivity contribution in [1.82, 2.24) is 14.9 Å². The SMILES string of the molecule is COC(=O)c1ccc(NC(=O)CSc2nnc(-c3ccc(OC)cc3)n2N)cc1. The normalized spacial score (nSPS) is 10.4. The van der Waals surface area contributed by atoms with E-state index in [9.17, 15) is 9.59 Å². The van der Waals surface area contributed by atoms with Gasteiger partial charge < -0.3 is 20.6 Å². The summed E-state index contributed by atoms with van der Waals surface area (Å²) >= 11 is 1.16. The Bertz CT molecular complexity index is 1000. The summed E-state index contributed by atoms with van der Waals surface area (Å²) in [5.74, 6) is 6.69. The Morgan fingerprint density at radius 2 is 1.76 bits per heavy atom. The van der Waals surface area contributed by atoms with E-state index < -0.39 is 5.97 Å². The van der Waals surface area contributed by atoms with E-state index in [1.165, 1.54) is 11.8 Å². The molecule has 0 saturated heterocycles. The number of amides is 1. The average molecular weight is 413 g/mol. The number of ether oxygens (including phenoxy) is 2. The van der Waals surface area contributed by atoms with Crippen LogP contribution in [0.3, 0.4) is 0 Å². The van der Waals surface area contributed by atoms with E-state index in [0.717, 1.165) is 23.1 Å². The molecule has 150 valence electrons. The number of nitrogen functional groups attached to an aromatic ring is 1. The standard InChI is InChI=1S/C19H19N5O4S/c1-27-15-9-5-12(6-10-15)17-22-23-19(24(17)20)29-11-16(25)21-14-7-3-13(4-8-14)18(26)28-2/h3-10H,11,20H2,1-2H3,(H,21,25). The predicted octanol–water partition coefficient (Wildman–Crippen LogP) is 2.18. The molecule has 9 nitrogen and oxygen atoms in total. The van der Waals surface area contributed by atoms with Gasteiger partial charge in [-0.2, -0.15) is 0 Å². The maximum atomic E-state index is 12.2. The number of benzene rings is 2. The maximum Gasteiger partial charge on any atom is 0.337 e. The van der Waals surface area contributed by atoms with E-state index >= 15 is 0 Å². The molecule has 0 aliphatic carbocycles. The first kappa shape index (κ1) is 20.2. The molecule has 0 atom stereocenters. The monoisotopic (exact) mass is 413 g/mol. The highest BCUT2D eigenvalue weighted by Crippen LogP contribution is 2.23. The molecule has 2 aromatic carbocycles. The van der Waals surface area contributed by atoms with Gasteiger partial charge in [-0.05, 0) is 48.5 Å². The molecule has 3 rings (SSSR count). The topological polar surface area (TPSA) is 121 Å². The number of nitrogens with two attached hydrogens (primary N) is 1. The summed E-state index contributed by atoms with van der Waals surface area (Å²) in [4.78, 5) is 23.6. The van der Waals surface area contributed by atoms with Crippen molar-refractivity contribution in [1.29, 1.82) is 0 Å². The van der Waals surface area contributed by atoms with Crippen LogP contribution in [0.15, 0.2) is 53.7 Å². The third-order valence-corrected chi connectivity index (χ3v) is 4.88. The van der Waals surface area contributed by atoms with Crippen molar-refractivity contribution in [3.63, 3.8) is 0 Å². The molecular weight excluding hydrogens is 394 g/mol. The second-order valence-electron chi connectivity index (χ2n) is 5.81. The van der Waals surface area contributed by atoms with Crippen molar-refractivity contribution < 1.29 is 19.1 Å². The van der Waals surface area contributed by atoms with Crippen molar-refractivity contribution >= 4 is 29.3 Å². The lowest BCUT2D eigenvalue weighted by atomic mass is 10.2. The number of rotatable bonds is 7. The van der Waals surface area contributed by atoms with Crippen LogP contribution in [0.4, 0.5) is 5.69 Å². The molecule has 3 aromatic rings. The first-order chi connectivity index (χ1) is 14.0. The molecule has 1 aromatic heterocycles. The van der Waals surface area contributed by atoms with Gasteiger partial charge in [-0.25, -0.2) is 9.47 Å². The Labute approximate surface area is 171 Å². The Morgan fingerprint density at radius 1 is 1.07 bits per heavy atom. The van der Waals surface area contributed by atoms with E-state index in [1.54, 1.807) is 43.5 Å². The van der Waals surface area contributed by atoms with Gasteiger partial charge in [-0.3, -0.25) is 4.79 Å². The lowest BCUT2D eigenvalue weighted by molar-refractivity contribution is -0.113. The molecule has 3 N–H and O–H groups in total. The molecule has 0 aliphatic heterocycles. The van der Waals surface area contributed by atoms with Crippen molar-refractivity contribution in [2.45, 2.75) is 5.16 Å². The van der Waals surface area contributed by atoms with Gasteiger partial charge in [0.05, 0.1) is 25.5 Å². The molecule has 1 amide bonds. The van der Waals surface area contributed by atoms with Gasteiger partial charge in [0.15, 0.2) is 5.82 Å². The zero-order valence-electron chi connectivity index (χ0n) is 15.8. The molecule has 29 heavy (non-hydrogen) atoms. The predicted molar refractivity (Wildman–Crippen MR) is 109 cm³/mol. The highest BCUT2D eigenvalue weighted by atomic mass is 32.2. The maximum absolute atomic E-state index is 12.2. The van der Waals surface area contributed by atoms with Gasteiger partial charge in [0.2, 0.25) is 11.1 Å². The van der Waals surface area contributed by atoms with Crippen LogP contribution in [0.2, 0.25) is 0 Å². The van der Waals surface area contributed by atoms with Crippen LogP contribution < -0.4 is 15.9 Å². The molecule has 10 heteroatoms. The lowest BCUT2D eigenvalue weighted by Gasteiger charge is -2.06. The van der Waals surface area contributed by atoms with E-state index in [4.69, 9.17) is 10.6 Å². The Kier molecular flexibility index (Phi) is 6.35. The minimum Gasteiger partial charge on any atom is -0.497 e. The number of nitrogens with one attached hydrogen (secondary N) is 1. The first-order valence-corrected chi connectivity index (χ1v) is 9.46. The highest BCUT2D eigenvalue weighted by Gasteiger charge is 2.14. The summed E-state index contributed by atoms with van der Waals surface area (Å²) in [6.45, 7) is 0. The Morgan fingerprint density at radius 3 is 2.38 bits per heavy atom. The van der Waals surface area contributed by atoms with Crippen LogP contribution in [-0.2, 0) is 9.53 Å². The molecule has 0 fully saturated rings. The zero-order chi connectivity index (χ0) is 20.8. The molecule has 0 radical (unpaired) electrons. The molecule has 0 aliphatic rings. The van der Waals surface area contributed by atoms with Gasteiger partial charge in [0.25, 0.3) is 0 Å². The number of anilines is 1. The summed E-state index contributed by atoms with van der Waals surface area (Å²) < 4.78 is 11.1. The average Bonchev–Trinajstić information content (AvgIpc) is 3.12. The lowest BCUT2D eigenvalue weighted by Crippen LogP contribution is -2.16. The van der Waals surface area contributed by atoms with Gasteiger partial charge in [0, 0.05) is 11.3 Å². The highest BCUT2D eigenvalue weighted by molar-refractivity contribution is 7.99. The van der Waals surface area contributed by atoms with Crippen molar-refractivity contribution in [3.05, 3.63) is 54.1 Å². The number of aromatic nitrogens is 3. The van der Waals surface area contributed by atoms with Crippen LogP contribution in [0.1, 0.15) is 10.4 Å². The number of nitrogens with zero attached hydrogens (tertiary/aromatic N) is 3. The van der Waals surface area contributed by atoms with E-state index in [-0.39, 0.29) is 11.7 Å². The summed E-state index contributed by atoms with van der Waals surface area (Å²) in [5.41, 5.74) is 1.75. The Hall–Kier alpha value is -3.53. The molecule has 0 spiro atoms. The smallest absolute Gasteiger partial charge is 0.337 e. The minimum atomic E-state index is -0.437. The van der Waals surface area contributed by atoms with Crippen LogP contribution in [-0.4, -0.2) is 46.7 Å². The number of hydrogen-bond acceptors (Lipinski definition) is 8. The number of thioether (sulfide) groups is 1. The fourth-order valence-electron chi connectivity index (χ4n) is 2.45. The number of carbonyl (C=O) groups is 2. The molecular formula is C19H19N5O4S. The molecule has 0 unspecified atom stereocenters. The van der Waals surface area contributed by atoms with E-state index in [0.29, 0.717) is 22.2 Å². The number of hydrogen-bond donors (Lipinski definition) is 2. The third-order valence-electron chi connectivity index (χ3n) is 3.93. The van der Waals surface area contributed by atoms with Gasteiger partial charge in [-0.15, -0.1) is 10.2 Å². The summed E-state index contributed by atoms with van der Waals surface area (Å²) in [6.07, 6.45) is 0. The second-order valence-corrected chi connectivity index (χ2v) is 6.75. The summed E-state index contributed by atoms with van der Waals surface area (Å²) in [5, 5.41) is 11.3. The Balaban J connectivity index is 1.59. The second kappa shape index (κ2) is 9.11. The van der Waals surface area contributed by atoms with Crippen LogP contribution in [0.5, 0.6) is 5.75 Å². The van der Waals surface area contributed by atoms with Gasteiger partial charge in [-0.1, -0.05) is 11.8 Å². The van der Waals surface area contributed by atoms with Crippen LogP contribution in [0, 0.1) is 0 Å². The molecule has 1 heterocycles. The summed E-state index contributed by atoms with van der Waals surface area (Å²) in [7, 11) is 2.90. The minimum absolute atomic E-state index is 0.0939. The van der Waals surface area contributed by atoms with E-state index in [2.05, 4.69) is 20.3 Å². The fraction of sp³-hybridized carbons (Fsp3) is 0.158.